The topological polar surface area (TPSA) is 189 Å². The second-order valence-electron chi connectivity index (χ2n) is 10.6. The Morgan fingerprint density at radius 1 is 1.13 bits per heavy atom. The lowest BCUT2D eigenvalue weighted by molar-refractivity contribution is -0.248. The fraction of sp³-hybridized carbons (Fsp3) is 0.500. The van der Waals surface area contributed by atoms with Gasteiger partial charge in [-0.05, 0) is 25.8 Å². The number of hydrogen-bond donors (Lipinski definition) is 6. The van der Waals surface area contributed by atoms with Gasteiger partial charge in [-0.15, -0.1) is 0 Å². The number of aromatic hydroxyl groups is 2. The molecule has 0 radical (unpaired) electrons. The molecule has 0 aromatic heterocycles. The van der Waals surface area contributed by atoms with Gasteiger partial charge in [0.05, 0.1) is 47.7 Å². The molecule has 1 fully saturated rings. The average molecular weight is 544 g/mol. The fourth-order valence-electron chi connectivity index (χ4n) is 6.06. The highest BCUT2D eigenvalue weighted by Gasteiger charge is 2.47. The van der Waals surface area contributed by atoms with Crippen molar-refractivity contribution in [1.29, 1.82) is 0 Å². The second kappa shape index (κ2) is 10.2. The van der Waals surface area contributed by atoms with Gasteiger partial charge in [0.1, 0.15) is 17.2 Å². The first-order valence-corrected chi connectivity index (χ1v) is 13.0. The molecule has 11 nitrogen and oxygen atoms in total. The zero-order chi connectivity index (χ0) is 28.2. The number of methoxy groups -OCH3 is 1. The number of hydrogen-bond acceptors (Lipinski definition) is 11. The monoisotopic (exact) mass is 543 g/mol. The molecular formula is C28H33NO10. The lowest BCUT2D eigenvalue weighted by Gasteiger charge is -2.43. The number of ketones is 2. The molecule has 2 aliphatic carbocycles. The predicted octanol–water partition coefficient (Wildman–Crippen LogP) is 1.21. The van der Waals surface area contributed by atoms with Gasteiger partial charge in [0.15, 0.2) is 12.1 Å². The molecule has 6 atom stereocenters. The number of carbonyl (C=O) groups excluding carboxylic acids is 2. The molecule has 1 heterocycles. The van der Waals surface area contributed by atoms with Crippen molar-refractivity contribution >= 4 is 11.6 Å². The Bertz CT molecular complexity index is 1310. The summed E-state index contributed by atoms with van der Waals surface area (Å²) in [7, 11) is 1.36. The van der Waals surface area contributed by atoms with Crippen LogP contribution in [0.2, 0.25) is 0 Å². The van der Waals surface area contributed by atoms with Gasteiger partial charge in [0, 0.05) is 48.6 Å². The van der Waals surface area contributed by atoms with Crippen molar-refractivity contribution in [2.24, 2.45) is 5.73 Å². The van der Waals surface area contributed by atoms with Crippen molar-refractivity contribution in [3.8, 4) is 17.2 Å². The maximum atomic E-state index is 13.7. The van der Waals surface area contributed by atoms with E-state index in [4.69, 9.17) is 19.9 Å². The lowest BCUT2D eigenvalue weighted by atomic mass is 9.72. The summed E-state index contributed by atoms with van der Waals surface area (Å²) in [6, 6.07) is 3.87. The number of nitrogens with two attached hydrogens (primary N) is 1. The van der Waals surface area contributed by atoms with Crippen LogP contribution in [0.25, 0.3) is 0 Å². The number of carbonyl (C=O) groups is 2. The normalized spacial score (nSPS) is 29.9. The van der Waals surface area contributed by atoms with E-state index in [0.717, 1.165) is 0 Å². The molecule has 0 saturated carbocycles. The van der Waals surface area contributed by atoms with E-state index in [9.17, 15) is 35.1 Å². The zero-order valence-corrected chi connectivity index (χ0v) is 21.7. The van der Waals surface area contributed by atoms with Crippen LogP contribution in [0, 0.1) is 0 Å². The van der Waals surface area contributed by atoms with Gasteiger partial charge in [0.25, 0.3) is 0 Å². The van der Waals surface area contributed by atoms with Gasteiger partial charge in [-0.3, -0.25) is 9.59 Å². The molecule has 11 heteroatoms. The highest BCUT2D eigenvalue weighted by atomic mass is 16.7. The van der Waals surface area contributed by atoms with Gasteiger partial charge < -0.3 is 45.5 Å². The van der Waals surface area contributed by atoms with Crippen molar-refractivity contribution in [3.63, 3.8) is 0 Å². The Kier molecular flexibility index (Phi) is 7.17. The Morgan fingerprint density at radius 3 is 2.51 bits per heavy atom. The third kappa shape index (κ3) is 4.48. The minimum absolute atomic E-state index is 0.0238. The van der Waals surface area contributed by atoms with E-state index < -0.39 is 59.3 Å². The van der Waals surface area contributed by atoms with Gasteiger partial charge in [-0.25, -0.2) is 0 Å². The van der Waals surface area contributed by atoms with Crippen molar-refractivity contribution in [1.82, 2.24) is 0 Å². The SMILES string of the molecule is COc1cccc2c1C(=O)c1c(O)c3c(c(O)c1C2=O)C[C@@](O)(CCCO)CC3O[C@H]1CC(N)[C@@H](O)C(C)O1. The summed E-state index contributed by atoms with van der Waals surface area (Å²) in [5.74, 6) is -2.27. The van der Waals surface area contributed by atoms with Crippen LogP contribution < -0.4 is 10.5 Å². The maximum absolute atomic E-state index is 13.7. The van der Waals surface area contributed by atoms with Gasteiger partial charge in [-0.1, -0.05) is 12.1 Å². The molecule has 0 amide bonds. The molecule has 3 unspecified atom stereocenters. The molecule has 1 saturated heterocycles. The van der Waals surface area contributed by atoms with Crippen LogP contribution in [-0.4, -0.2) is 81.0 Å². The Labute approximate surface area is 224 Å². The molecular weight excluding hydrogens is 510 g/mol. The standard InChI is InChI=1S/C28H33NO10/c1-12-23(31)15(29)9-18(38-12)39-17-11-28(36,7-4-8-30)10-14-20(17)27(35)22-21(25(14)33)24(32)13-5-3-6-16(37-2)19(13)26(22)34/h3,5-6,12,15,17-18,23,30-31,33,35-36H,4,7-11,29H2,1-2H3/t12?,15?,17?,18-,23-,28-/m0/s1. The van der Waals surface area contributed by atoms with Crippen molar-refractivity contribution in [2.45, 2.75) is 75.3 Å². The molecule has 5 rings (SSSR count). The van der Waals surface area contributed by atoms with Crippen LogP contribution in [0.3, 0.4) is 0 Å². The molecule has 2 aromatic rings. The summed E-state index contributed by atoms with van der Waals surface area (Å²) in [5.41, 5.74) is 4.01. The lowest BCUT2D eigenvalue weighted by Crippen LogP contribution is -2.52. The van der Waals surface area contributed by atoms with Crippen molar-refractivity contribution in [2.75, 3.05) is 13.7 Å². The van der Waals surface area contributed by atoms with E-state index in [1.165, 1.54) is 19.2 Å². The number of benzene rings is 2. The van der Waals surface area contributed by atoms with Crippen LogP contribution in [0.4, 0.5) is 0 Å². The summed E-state index contributed by atoms with van der Waals surface area (Å²) in [6.45, 7) is 1.46. The number of fused-ring (bicyclic) bond motifs is 3. The van der Waals surface area contributed by atoms with Crippen LogP contribution >= 0.6 is 0 Å². The van der Waals surface area contributed by atoms with Crippen LogP contribution in [0.1, 0.15) is 81.7 Å². The smallest absolute Gasteiger partial charge is 0.202 e. The third-order valence-corrected chi connectivity index (χ3v) is 8.02. The minimum atomic E-state index is -1.47. The van der Waals surface area contributed by atoms with Gasteiger partial charge in [0.2, 0.25) is 5.78 Å². The average Bonchev–Trinajstić information content (AvgIpc) is 2.90. The summed E-state index contributed by atoms with van der Waals surface area (Å²) < 4.78 is 17.3. The predicted molar refractivity (Wildman–Crippen MR) is 136 cm³/mol. The Hall–Kier alpha value is -3.06. The third-order valence-electron chi connectivity index (χ3n) is 8.02. The largest absolute Gasteiger partial charge is 0.507 e. The van der Waals surface area contributed by atoms with E-state index >= 15 is 0 Å². The summed E-state index contributed by atoms with van der Waals surface area (Å²) in [5, 5.41) is 54.0. The van der Waals surface area contributed by atoms with E-state index in [2.05, 4.69) is 0 Å². The molecule has 39 heavy (non-hydrogen) atoms. The maximum Gasteiger partial charge on any atom is 0.202 e. The quantitative estimate of drug-likeness (QED) is 0.245. The molecule has 0 spiro atoms. The Morgan fingerprint density at radius 2 is 1.85 bits per heavy atom. The molecule has 1 aliphatic heterocycles. The number of phenolic OH excluding ortho intramolecular Hbond substituents is 2. The fourth-order valence-corrected chi connectivity index (χ4v) is 6.06. The summed E-state index contributed by atoms with van der Waals surface area (Å²) >= 11 is 0. The first kappa shape index (κ1) is 27.5. The highest BCUT2D eigenvalue weighted by molar-refractivity contribution is 6.31. The van der Waals surface area contributed by atoms with E-state index in [-0.39, 0.29) is 77.8 Å². The van der Waals surface area contributed by atoms with Gasteiger partial charge >= 0.3 is 0 Å². The number of ether oxygens (including phenoxy) is 3. The Balaban J connectivity index is 1.65. The number of phenols is 2. The molecule has 3 aliphatic rings. The van der Waals surface area contributed by atoms with Crippen LogP contribution in [-0.2, 0) is 15.9 Å². The number of aliphatic hydroxyl groups is 3. The van der Waals surface area contributed by atoms with Crippen LogP contribution in [0.15, 0.2) is 18.2 Å². The minimum Gasteiger partial charge on any atom is -0.507 e. The molecule has 0 bridgehead atoms. The zero-order valence-electron chi connectivity index (χ0n) is 21.7. The van der Waals surface area contributed by atoms with Crippen molar-refractivity contribution < 1.29 is 49.3 Å². The molecule has 7 N–H and O–H groups in total. The van der Waals surface area contributed by atoms with E-state index in [1.54, 1.807) is 13.0 Å². The summed E-state index contributed by atoms with van der Waals surface area (Å²) in [6.07, 6.45) is -3.24. The van der Waals surface area contributed by atoms with Gasteiger partial charge in [-0.2, -0.15) is 0 Å². The molecule has 2 aromatic carbocycles. The highest BCUT2D eigenvalue weighted by Crippen LogP contribution is 2.53. The first-order valence-electron chi connectivity index (χ1n) is 13.0. The first-order chi connectivity index (χ1) is 18.5. The summed E-state index contributed by atoms with van der Waals surface area (Å²) in [4.78, 5) is 27.2. The number of aliphatic hydroxyl groups excluding tert-OH is 2. The van der Waals surface area contributed by atoms with E-state index in [0.29, 0.717) is 0 Å². The van der Waals surface area contributed by atoms with Crippen LogP contribution in [0.5, 0.6) is 17.2 Å². The second-order valence-corrected chi connectivity index (χ2v) is 10.6. The molecule has 210 valence electrons. The van der Waals surface area contributed by atoms with Crippen molar-refractivity contribution in [3.05, 3.63) is 51.6 Å². The van der Waals surface area contributed by atoms with E-state index in [1.807, 2.05) is 0 Å². The number of rotatable bonds is 6.